The Morgan fingerprint density at radius 1 is 1.33 bits per heavy atom. The molecule has 1 aromatic rings. The van der Waals surface area contributed by atoms with Crippen LogP contribution in [0.2, 0.25) is 0 Å². The van der Waals surface area contributed by atoms with Gasteiger partial charge in [-0.15, -0.1) is 0 Å². The molecule has 0 saturated carbocycles. The van der Waals surface area contributed by atoms with Crippen molar-refractivity contribution in [2.24, 2.45) is 11.7 Å². The summed E-state index contributed by atoms with van der Waals surface area (Å²) in [6.45, 7) is 0.191. The van der Waals surface area contributed by atoms with Gasteiger partial charge in [-0.1, -0.05) is 6.07 Å². The molecule has 0 aliphatic carbocycles. The van der Waals surface area contributed by atoms with Crippen LogP contribution in [0.1, 0.15) is 11.6 Å². The number of nitrogens with two attached hydrogens (primary N) is 1. The lowest BCUT2D eigenvalue weighted by Gasteiger charge is -2.17. The van der Waals surface area contributed by atoms with Gasteiger partial charge in [0.15, 0.2) is 11.5 Å². The van der Waals surface area contributed by atoms with Crippen molar-refractivity contribution in [1.82, 2.24) is 10.9 Å². The molecule has 2 aliphatic rings. The van der Waals surface area contributed by atoms with Crippen molar-refractivity contribution in [3.8, 4) is 11.5 Å². The van der Waals surface area contributed by atoms with E-state index in [4.69, 9.17) is 15.2 Å². The van der Waals surface area contributed by atoms with Crippen LogP contribution in [0.3, 0.4) is 0 Å². The van der Waals surface area contributed by atoms with E-state index in [1.165, 1.54) is 0 Å². The van der Waals surface area contributed by atoms with Gasteiger partial charge in [0.2, 0.25) is 6.79 Å². The summed E-state index contributed by atoms with van der Waals surface area (Å²) in [6.07, 6.45) is -0.627. The first kappa shape index (κ1) is 11.3. The number of carboxylic acids is 1. The van der Waals surface area contributed by atoms with Gasteiger partial charge >= 0.3 is 5.97 Å². The van der Waals surface area contributed by atoms with Crippen LogP contribution in [-0.4, -0.2) is 24.0 Å². The first-order valence-corrected chi connectivity index (χ1v) is 5.56. The van der Waals surface area contributed by atoms with Gasteiger partial charge in [-0.05, 0) is 17.7 Å². The quantitative estimate of drug-likeness (QED) is 0.564. The summed E-state index contributed by atoms with van der Waals surface area (Å²) < 4.78 is 10.5. The number of aliphatic carboxylic acids is 1. The highest BCUT2D eigenvalue weighted by molar-refractivity contribution is 5.72. The van der Waals surface area contributed by atoms with Gasteiger partial charge in [-0.3, -0.25) is 4.79 Å². The summed E-state index contributed by atoms with van der Waals surface area (Å²) >= 11 is 0. The lowest BCUT2D eigenvalue weighted by molar-refractivity contribution is -0.142. The summed E-state index contributed by atoms with van der Waals surface area (Å²) in [5.41, 5.74) is 12.1. The van der Waals surface area contributed by atoms with Crippen LogP contribution in [0.15, 0.2) is 18.2 Å². The third-order valence-corrected chi connectivity index (χ3v) is 3.19. The van der Waals surface area contributed by atoms with Gasteiger partial charge < -0.3 is 20.3 Å². The summed E-state index contributed by atoms with van der Waals surface area (Å²) in [4.78, 5) is 11.2. The molecule has 3 atom stereocenters. The van der Waals surface area contributed by atoms with Gasteiger partial charge in [-0.2, -0.15) is 0 Å². The Bertz CT molecular complexity index is 493. The molecule has 0 bridgehead atoms. The summed E-state index contributed by atoms with van der Waals surface area (Å²) in [6, 6.07) is 4.95. The molecular weight excluding hydrogens is 238 g/mol. The fraction of sp³-hybridized carbons (Fsp3) is 0.364. The van der Waals surface area contributed by atoms with E-state index >= 15 is 0 Å². The Morgan fingerprint density at radius 2 is 2.11 bits per heavy atom. The predicted molar refractivity (Wildman–Crippen MR) is 60.7 cm³/mol. The summed E-state index contributed by atoms with van der Waals surface area (Å²) in [5, 5.41) is 9.19. The molecule has 18 heavy (non-hydrogen) atoms. The zero-order valence-electron chi connectivity index (χ0n) is 9.42. The van der Waals surface area contributed by atoms with Crippen LogP contribution in [0, 0.1) is 5.92 Å². The van der Waals surface area contributed by atoms with Gasteiger partial charge in [0.05, 0.1) is 12.2 Å². The van der Waals surface area contributed by atoms with E-state index in [1.54, 1.807) is 18.2 Å². The number of nitrogens with one attached hydrogen (secondary N) is 2. The van der Waals surface area contributed by atoms with Crippen LogP contribution < -0.4 is 26.1 Å². The molecule has 0 spiro atoms. The molecular formula is C11H13N3O4. The second-order valence-electron chi connectivity index (χ2n) is 4.27. The Kier molecular flexibility index (Phi) is 2.58. The number of hydrazine groups is 1. The van der Waals surface area contributed by atoms with Crippen molar-refractivity contribution in [1.29, 1.82) is 0 Å². The fourth-order valence-corrected chi connectivity index (χ4v) is 2.27. The molecule has 96 valence electrons. The number of fused-ring (bicyclic) bond motifs is 1. The van der Waals surface area contributed by atoms with E-state index in [1.807, 2.05) is 0 Å². The Labute approximate surface area is 103 Å². The molecule has 7 nitrogen and oxygen atoms in total. The number of hydrogen-bond acceptors (Lipinski definition) is 6. The maximum Gasteiger partial charge on any atom is 0.311 e. The zero-order chi connectivity index (χ0) is 12.7. The highest BCUT2D eigenvalue weighted by Crippen LogP contribution is 2.36. The van der Waals surface area contributed by atoms with Crippen molar-refractivity contribution in [2.45, 2.75) is 12.2 Å². The van der Waals surface area contributed by atoms with Gasteiger partial charge in [0.25, 0.3) is 0 Å². The second kappa shape index (κ2) is 4.13. The molecule has 2 heterocycles. The molecule has 2 aliphatic heterocycles. The highest BCUT2D eigenvalue weighted by atomic mass is 16.7. The fourth-order valence-electron chi connectivity index (χ4n) is 2.27. The number of hydrogen-bond donors (Lipinski definition) is 4. The van der Waals surface area contributed by atoms with E-state index in [0.717, 1.165) is 5.56 Å². The normalized spacial score (nSPS) is 29.5. The molecule has 5 N–H and O–H groups in total. The molecule has 1 fully saturated rings. The van der Waals surface area contributed by atoms with E-state index in [0.29, 0.717) is 11.5 Å². The summed E-state index contributed by atoms with van der Waals surface area (Å²) in [5.74, 6) is -0.382. The summed E-state index contributed by atoms with van der Waals surface area (Å²) in [7, 11) is 0. The second-order valence-corrected chi connectivity index (χ2v) is 4.27. The molecule has 7 heteroatoms. The molecule has 1 saturated heterocycles. The monoisotopic (exact) mass is 251 g/mol. The smallest absolute Gasteiger partial charge is 0.311 e. The molecule has 0 radical (unpaired) electrons. The molecule has 3 rings (SSSR count). The number of ether oxygens (including phenoxy) is 2. The predicted octanol–water partition coefficient (Wildman–Crippen LogP) is -0.450. The van der Waals surface area contributed by atoms with E-state index in [2.05, 4.69) is 10.9 Å². The van der Waals surface area contributed by atoms with Crippen LogP contribution in [0.5, 0.6) is 11.5 Å². The van der Waals surface area contributed by atoms with Crippen molar-refractivity contribution in [3.63, 3.8) is 0 Å². The zero-order valence-corrected chi connectivity index (χ0v) is 9.42. The third-order valence-electron chi connectivity index (χ3n) is 3.19. The van der Waals surface area contributed by atoms with Crippen LogP contribution in [0.25, 0.3) is 0 Å². The van der Waals surface area contributed by atoms with E-state index in [9.17, 15) is 9.90 Å². The largest absolute Gasteiger partial charge is 0.481 e. The minimum Gasteiger partial charge on any atom is -0.481 e. The Balaban J connectivity index is 1.92. The topological polar surface area (TPSA) is 106 Å². The number of carbonyl (C=O) groups is 1. The highest BCUT2D eigenvalue weighted by Gasteiger charge is 2.40. The Morgan fingerprint density at radius 3 is 2.89 bits per heavy atom. The van der Waals surface area contributed by atoms with E-state index in [-0.39, 0.29) is 6.79 Å². The number of rotatable bonds is 2. The first-order valence-electron chi connectivity index (χ1n) is 5.56. The maximum absolute atomic E-state index is 11.2. The van der Waals surface area contributed by atoms with Crippen molar-refractivity contribution >= 4 is 5.97 Å². The van der Waals surface area contributed by atoms with Crippen molar-refractivity contribution in [3.05, 3.63) is 23.8 Å². The first-order chi connectivity index (χ1) is 8.66. The minimum atomic E-state index is -0.942. The number of carboxylic acid groups (broad SMARTS) is 1. The van der Waals surface area contributed by atoms with Gasteiger partial charge in [0, 0.05) is 0 Å². The molecule has 3 unspecified atom stereocenters. The lowest BCUT2D eigenvalue weighted by Crippen LogP contribution is -2.41. The average molecular weight is 251 g/mol. The van der Waals surface area contributed by atoms with Crippen LogP contribution in [0.4, 0.5) is 0 Å². The Hall–Kier alpha value is -1.83. The maximum atomic E-state index is 11.2. The lowest BCUT2D eigenvalue weighted by atomic mass is 9.93. The van der Waals surface area contributed by atoms with Crippen LogP contribution >= 0.6 is 0 Å². The van der Waals surface area contributed by atoms with Crippen molar-refractivity contribution < 1.29 is 19.4 Å². The third kappa shape index (κ3) is 1.69. The standard InChI is InChI=1S/C11H13N3O4/c12-10-8(11(15)16)9(13-14-10)5-1-2-6-7(3-5)18-4-17-6/h1-3,8-10,13-14H,4,12H2,(H,15,16). The SMILES string of the molecule is NC1NNC(c2ccc3c(c2)OCO3)C1C(=O)O. The molecule has 0 amide bonds. The van der Waals surface area contributed by atoms with E-state index < -0.39 is 24.1 Å². The minimum absolute atomic E-state index is 0.191. The average Bonchev–Trinajstić information content (AvgIpc) is 2.93. The van der Waals surface area contributed by atoms with Gasteiger partial charge in [-0.25, -0.2) is 10.9 Å². The van der Waals surface area contributed by atoms with Gasteiger partial charge in [0.1, 0.15) is 5.92 Å². The van der Waals surface area contributed by atoms with Crippen LogP contribution in [-0.2, 0) is 4.79 Å². The molecule has 1 aromatic carbocycles. The van der Waals surface area contributed by atoms with Crippen molar-refractivity contribution in [2.75, 3.05) is 6.79 Å². The molecule has 0 aromatic heterocycles. The number of benzene rings is 1.